The Balaban J connectivity index is 1.48. The topological polar surface area (TPSA) is 69.6 Å². The quantitative estimate of drug-likeness (QED) is 0.732. The van der Waals surface area contributed by atoms with Gasteiger partial charge in [-0.15, -0.1) is 0 Å². The fourth-order valence-corrected chi connectivity index (χ4v) is 5.43. The smallest absolute Gasteiger partial charge is 0.243 e. The van der Waals surface area contributed by atoms with Crippen molar-refractivity contribution in [2.45, 2.75) is 31.1 Å². The number of hydrogen-bond donors (Lipinski definition) is 0. The molecule has 3 heterocycles. The Morgan fingerprint density at radius 3 is 1.87 bits per heavy atom. The van der Waals surface area contributed by atoms with E-state index in [1.165, 1.54) is 10.7 Å². The second-order valence-electron chi connectivity index (χ2n) is 7.68. The van der Waals surface area contributed by atoms with Crippen LogP contribution in [0.5, 0.6) is 0 Å². The normalized spacial score (nSPS) is 18.6. The number of sulfonamides is 1. The fourth-order valence-electron chi connectivity index (χ4n) is 3.97. The molecule has 1 aromatic heterocycles. The van der Waals surface area contributed by atoms with Gasteiger partial charge in [-0.25, -0.2) is 27.2 Å². The van der Waals surface area contributed by atoms with Crippen molar-refractivity contribution in [3.63, 3.8) is 0 Å². The Labute approximate surface area is 175 Å². The lowest BCUT2D eigenvalue weighted by Gasteiger charge is -2.35. The predicted molar refractivity (Wildman–Crippen MR) is 110 cm³/mol. The Morgan fingerprint density at radius 2 is 1.30 bits per heavy atom. The maximum Gasteiger partial charge on any atom is 0.243 e. The van der Waals surface area contributed by atoms with Crippen molar-refractivity contribution in [3.05, 3.63) is 41.7 Å². The number of rotatable bonds is 4. The maximum absolute atomic E-state index is 13.5. The third kappa shape index (κ3) is 4.39. The molecule has 0 amide bonds. The molecule has 0 saturated carbocycles. The average molecular weight is 438 g/mol. The molecule has 0 spiro atoms. The number of piperidine rings is 1. The predicted octanol–water partition coefficient (Wildman–Crippen LogP) is 2.56. The zero-order valence-corrected chi connectivity index (χ0v) is 17.7. The van der Waals surface area contributed by atoms with Crippen LogP contribution in [0.2, 0.25) is 0 Å². The number of hydrogen-bond acceptors (Lipinski definition) is 6. The third-order valence-electron chi connectivity index (χ3n) is 5.53. The highest BCUT2D eigenvalue weighted by molar-refractivity contribution is 7.89. The van der Waals surface area contributed by atoms with Crippen LogP contribution in [0.1, 0.15) is 25.1 Å². The molecule has 30 heavy (non-hydrogen) atoms. The zero-order valence-electron chi connectivity index (χ0n) is 16.9. The summed E-state index contributed by atoms with van der Waals surface area (Å²) in [7, 11) is -3.96. The van der Waals surface area contributed by atoms with E-state index in [2.05, 4.69) is 14.9 Å². The van der Waals surface area contributed by atoms with E-state index in [1.54, 1.807) is 0 Å². The van der Waals surface area contributed by atoms with Gasteiger partial charge in [-0.1, -0.05) is 0 Å². The summed E-state index contributed by atoms with van der Waals surface area (Å²) >= 11 is 0. The van der Waals surface area contributed by atoms with Gasteiger partial charge >= 0.3 is 0 Å². The molecule has 0 atom stereocenters. The SMILES string of the molecule is Cc1nc(N2CCCCC2)cc(N2CCN(S(=O)(=O)c3cc(F)cc(F)c3)CC2)n1. The Kier molecular flexibility index (Phi) is 5.88. The van der Waals surface area contributed by atoms with Crippen molar-refractivity contribution in [1.29, 1.82) is 0 Å². The summed E-state index contributed by atoms with van der Waals surface area (Å²) in [4.78, 5) is 13.0. The minimum Gasteiger partial charge on any atom is -0.356 e. The first-order chi connectivity index (χ1) is 14.3. The van der Waals surface area contributed by atoms with Gasteiger partial charge < -0.3 is 9.80 Å². The van der Waals surface area contributed by atoms with Gasteiger partial charge in [0.25, 0.3) is 0 Å². The largest absolute Gasteiger partial charge is 0.356 e. The Morgan fingerprint density at radius 1 is 0.767 bits per heavy atom. The van der Waals surface area contributed by atoms with Gasteiger partial charge in [0.2, 0.25) is 10.0 Å². The second-order valence-corrected chi connectivity index (χ2v) is 9.61. The molecule has 1 aromatic carbocycles. The number of benzene rings is 1. The van der Waals surface area contributed by atoms with Crippen molar-refractivity contribution in [2.75, 3.05) is 49.1 Å². The first-order valence-corrected chi connectivity index (χ1v) is 11.6. The molecule has 2 fully saturated rings. The van der Waals surface area contributed by atoms with Gasteiger partial charge in [0.05, 0.1) is 4.90 Å². The Hall–Kier alpha value is -2.33. The van der Waals surface area contributed by atoms with Crippen molar-refractivity contribution in [2.24, 2.45) is 0 Å². The molecule has 10 heteroatoms. The van der Waals surface area contributed by atoms with Crippen LogP contribution in [-0.4, -0.2) is 62.0 Å². The van der Waals surface area contributed by atoms with Crippen molar-refractivity contribution >= 4 is 21.7 Å². The highest BCUT2D eigenvalue weighted by atomic mass is 32.2. The lowest BCUT2D eigenvalue weighted by molar-refractivity contribution is 0.383. The van der Waals surface area contributed by atoms with Crippen molar-refractivity contribution in [1.82, 2.24) is 14.3 Å². The molecule has 0 unspecified atom stereocenters. The van der Waals surface area contributed by atoms with E-state index in [0.29, 0.717) is 25.0 Å². The number of nitrogens with zero attached hydrogens (tertiary/aromatic N) is 5. The van der Waals surface area contributed by atoms with Crippen molar-refractivity contribution < 1.29 is 17.2 Å². The van der Waals surface area contributed by atoms with E-state index in [1.807, 2.05) is 17.9 Å². The number of anilines is 2. The van der Waals surface area contributed by atoms with Crippen LogP contribution in [0.25, 0.3) is 0 Å². The van der Waals surface area contributed by atoms with Gasteiger partial charge in [0.1, 0.15) is 29.1 Å². The van der Waals surface area contributed by atoms with Crippen molar-refractivity contribution in [3.8, 4) is 0 Å². The van der Waals surface area contributed by atoms with E-state index in [9.17, 15) is 17.2 Å². The van der Waals surface area contributed by atoms with Crippen LogP contribution in [-0.2, 0) is 10.0 Å². The zero-order chi connectivity index (χ0) is 21.3. The molecule has 2 saturated heterocycles. The summed E-state index contributed by atoms with van der Waals surface area (Å²) in [5.41, 5.74) is 0. The van der Waals surface area contributed by atoms with E-state index in [-0.39, 0.29) is 18.0 Å². The number of aryl methyl sites for hydroxylation is 1. The summed E-state index contributed by atoms with van der Waals surface area (Å²) in [6, 6.07) is 4.33. The van der Waals surface area contributed by atoms with Gasteiger partial charge in [-0.2, -0.15) is 4.31 Å². The molecule has 7 nitrogen and oxygen atoms in total. The summed E-state index contributed by atoms with van der Waals surface area (Å²) < 4.78 is 53.8. The highest BCUT2D eigenvalue weighted by Gasteiger charge is 2.30. The molecule has 2 aromatic rings. The fraction of sp³-hybridized carbons (Fsp3) is 0.500. The van der Waals surface area contributed by atoms with Crippen LogP contribution in [0.15, 0.2) is 29.2 Å². The monoisotopic (exact) mass is 437 g/mol. The van der Waals surface area contributed by atoms with Crippen LogP contribution < -0.4 is 9.80 Å². The number of piperazine rings is 1. The molecule has 2 aliphatic heterocycles. The summed E-state index contributed by atoms with van der Waals surface area (Å²) in [5, 5.41) is 0. The first-order valence-electron chi connectivity index (χ1n) is 10.1. The highest BCUT2D eigenvalue weighted by Crippen LogP contribution is 2.25. The Bertz CT molecular complexity index is 1000. The summed E-state index contributed by atoms with van der Waals surface area (Å²) in [6.45, 7) is 5.11. The van der Waals surface area contributed by atoms with Crippen LogP contribution in [0.3, 0.4) is 0 Å². The van der Waals surface area contributed by atoms with E-state index < -0.39 is 21.7 Å². The molecule has 4 rings (SSSR count). The third-order valence-corrected chi connectivity index (χ3v) is 7.40. The van der Waals surface area contributed by atoms with E-state index in [0.717, 1.165) is 49.7 Å². The first kappa shape index (κ1) is 20.9. The second kappa shape index (κ2) is 8.43. The lowest BCUT2D eigenvalue weighted by Crippen LogP contribution is -2.49. The number of halogens is 2. The van der Waals surface area contributed by atoms with Crippen LogP contribution >= 0.6 is 0 Å². The molecule has 0 N–H and O–H groups in total. The van der Waals surface area contributed by atoms with Gasteiger partial charge in [0, 0.05) is 51.4 Å². The molecule has 0 bridgehead atoms. The summed E-state index contributed by atoms with van der Waals surface area (Å²) in [6.07, 6.45) is 3.53. The average Bonchev–Trinajstić information content (AvgIpc) is 2.73. The van der Waals surface area contributed by atoms with E-state index in [4.69, 9.17) is 0 Å². The molecule has 0 radical (unpaired) electrons. The van der Waals surface area contributed by atoms with Gasteiger partial charge in [-0.3, -0.25) is 0 Å². The molecule has 162 valence electrons. The molecule has 0 aliphatic carbocycles. The van der Waals surface area contributed by atoms with E-state index >= 15 is 0 Å². The van der Waals surface area contributed by atoms with Gasteiger partial charge in [0.15, 0.2) is 0 Å². The number of aromatic nitrogens is 2. The lowest BCUT2D eigenvalue weighted by atomic mass is 10.1. The van der Waals surface area contributed by atoms with Gasteiger partial charge in [-0.05, 0) is 38.3 Å². The molecular formula is C20H25F2N5O2S. The molecule has 2 aliphatic rings. The minimum atomic E-state index is -3.96. The maximum atomic E-state index is 13.5. The summed E-state index contributed by atoms with van der Waals surface area (Å²) in [5.74, 6) is 0.542. The molecular weight excluding hydrogens is 412 g/mol. The standard InChI is InChI=1S/C20H25F2N5O2S/c1-15-23-19(25-5-3-2-4-6-25)14-20(24-15)26-7-9-27(10-8-26)30(28,29)18-12-16(21)11-17(22)13-18/h11-14H,2-10H2,1H3. The van der Waals surface area contributed by atoms with Crippen LogP contribution in [0, 0.1) is 18.6 Å². The van der Waals surface area contributed by atoms with Crippen LogP contribution in [0.4, 0.5) is 20.4 Å². The minimum absolute atomic E-state index is 0.211.